The minimum Gasteiger partial charge on any atom is -0.393 e. The average Bonchev–Trinajstić information content (AvgIpc) is 2.58. The van der Waals surface area contributed by atoms with Crippen LogP contribution in [0.2, 0.25) is 0 Å². The molecule has 0 aliphatic rings. The molecule has 3 rings (SSSR count). The maximum Gasteiger partial charge on any atom is 0.160 e. The number of nitrogens with zero attached hydrogens (tertiary/aromatic N) is 4. The fourth-order valence-electron chi connectivity index (χ4n) is 1.99. The van der Waals surface area contributed by atoms with Gasteiger partial charge in [0, 0.05) is 25.1 Å². The second kappa shape index (κ2) is 6.69. The molecule has 0 aromatic carbocycles. The van der Waals surface area contributed by atoms with Crippen LogP contribution in [0.25, 0.3) is 0 Å². The van der Waals surface area contributed by atoms with E-state index in [0.29, 0.717) is 29.7 Å². The first-order valence-electron chi connectivity index (χ1n) is 7.15. The molecule has 4 N–H and O–H groups in total. The van der Waals surface area contributed by atoms with Crippen LogP contribution in [0.1, 0.15) is 11.1 Å². The first-order chi connectivity index (χ1) is 11.2. The molecule has 0 bridgehead atoms. The van der Waals surface area contributed by atoms with E-state index in [2.05, 4.69) is 30.6 Å². The highest BCUT2D eigenvalue weighted by Gasteiger charge is 2.08. The molecule has 3 aromatic rings. The molecule has 0 saturated carbocycles. The Balaban J connectivity index is 1.74. The minimum atomic E-state index is 0.443. The lowest BCUT2D eigenvalue weighted by atomic mass is 10.3. The number of rotatable bonds is 5. The molecule has 0 amide bonds. The molecular weight excluding hydrogens is 290 g/mol. The van der Waals surface area contributed by atoms with E-state index in [1.165, 1.54) is 6.33 Å². The lowest BCUT2D eigenvalue weighted by molar-refractivity contribution is 1.07. The van der Waals surface area contributed by atoms with Gasteiger partial charge < -0.3 is 16.4 Å². The molecule has 0 radical (unpaired) electrons. The Morgan fingerprint density at radius 2 is 1.91 bits per heavy atom. The van der Waals surface area contributed by atoms with Crippen LogP contribution in [-0.2, 0) is 6.54 Å². The van der Waals surface area contributed by atoms with Crippen LogP contribution in [0.3, 0.4) is 0 Å². The van der Waals surface area contributed by atoms with Crippen LogP contribution in [0.15, 0.2) is 49.2 Å². The molecule has 3 heterocycles. The van der Waals surface area contributed by atoms with Gasteiger partial charge in [0.2, 0.25) is 0 Å². The van der Waals surface area contributed by atoms with Gasteiger partial charge in [0.25, 0.3) is 0 Å². The van der Waals surface area contributed by atoms with Crippen molar-refractivity contribution >= 4 is 23.1 Å². The lowest BCUT2D eigenvalue weighted by Crippen LogP contribution is -2.08. The summed E-state index contributed by atoms with van der Waals surface area (Å²) < 4.78 is 0. The Morgan fingerprint density at radius 3 is 2.65 bits per heavy atom. The number of nitrogen functional groups attached to an aromatic ring is 1. The van der Waals surface area contributed by atoms with Crippen molar-refractivity contribution in [2.75, 3.05) is 16.4 Å². The van der Waals surface area contributed by atoms with Crippen LogP contribution in [0.4, 0.5) is 23.1 Å². The number of aryl methyl sites for hydroxylation is 1. The van der Waals surface area contributed by atoms with Crippen LogP contribution in [0, 0.1) is 6.92 Å². The van der Waals surface area contributed by atoms with E-state index in [9.17, 15) is 0 Å². The van der Waals surface area contributed by atoms with Gasteiger partial charge in [-0.2, -0.15) is 0 Å². The normalized spacial score (nSPS) is 10.3. The second-order valence-corrected chi connectivity index (χ2v) is 5.05. The highest BCUT2D eigenvalue weighted by Crippen LogP contribution is 2.25. The quantitative estimate of drug-likeness (QED) is 0.665. The number of anilines is 4. The smallest absolute Gasteiger partial charge is 0.160 e. The summed E-state index contributed by atoms with van der Waals surface area (Å²) in [5.74, 6) is 1.77. The van der Waals surface area contributed by atoms with E-state index >= 15 is 0 Å². The number of aromatic nitrogens is 4. The molecule has 0 fully saturated rings. The molecular formula is C16H17N7. The summed E-state index contributed by atoms with van der Waals surface area (Å²) in [5.41, 5.74) is 8.70. The third kappa shape index (κ3) is 3.70. The fraction of sp³-hybridized carbons (Fsp3) is 0.125. The Kier molecular flexibility index (Phi) is 4.28. The van der Waals surface area contributed by atoms with Crippen LogP contribution < -0.4 is 16.4 Å². The summed E-state index contributed by atoms with van der Waals surface area (Å²) >= 11 is 0. The van der Waals surface area contributed by atoms with Gasteiger partial charge in [-0.25, -0.2) is 15.0 Å². The number of hydrogen-bond acceptors (Lipinski definition) is 7. The van der Waals surface area contributed by atoms with E-state index in [-0.39, 0.29) is 0 Å². The zero-order valence-electron chi connectivity index (χ0n) is 12.7. The minimum absolute atomic E-state index is 0.443. The second-order valence-electron chi connectivity index (χ2n) is 5.05. The molecule has 7 heteroatoms. The van der Waals surface area contributed by atoms with Gasteiger partial charge in [-0.05, 0) is 30.2 Å². The van der Waals surface area contributed by atoms with Crippen molar-refractivity contribution in [3.8, 4) is 0 Å². The third-order valence-electron chi connectivity index (χ3n) is 3.22. The maximum absolute atomic E-state index is 6.13. The maximum atomic E-state index is 6.13. The average molecular weight is 307 g/mol. The van der Waals surface area contributed by atoms with Crippen molar-refractivity contribution in [1.29, 1.82) is 0 Å². The Hall–Kier alpha value is -3.22. The molecule has 7 nitrogen and oxygen atoms in total. The summed E-state index contributed by atoms with van der Waals surface area (Å²) in [4.78, 5) is 16.7. The topological polar surface area (TPSA) is 102 Å². The predicted molar refractivity (Wildman–Crippen MR) is 90.3 cm³/mol. The molecule has 3 aromatic heterocycles. The van der Waals surface area contributed by atoms with E-state index in [0.717, 1.165) is 11.1 Å². The molecule has 23 heavy (non-hydrogen) atoms. The van der Waals surface area contributed by atoms with Gasteiger partial charge in [0.1, 0.15) is 17.8 Å². The SMILES string of the molecule is Cc1ccc(Nc2ncnc(NCc3cccnc3)c2N)nc1. The largest absolute Gasteiger partial charge is 0.393 e. The van der Waals surface area contributed by atoms with Crippen molar-refractivity contribution in [3.63, 3.8) is 0 Å². The van der Waals surface area contributed by atoms with Gasteiger partial charge >= 0.3 is 0 Å². The Morgan fingerprint density at radius 1 is 1.04 bits per heavy atom. The lowest BCUT2D eigenvalue weighted by Gasteiger charge is -2.12. The van der Waals surface area contributed by atoms with E-state index in [4.69, 9.17) is 5.73 Å². The monoisotopic (exact) mass is 307 g/mol. The molecule has 0 unspecified atom stereocenters. The first-order valence-corrected chi connectivity index (χ1v) is 7.15. The molecule has 0 atom stereocenters. The van der Waals surface area contributed by atoms with Crippen molar-refractivity contribution in [2.24, 2.45) is 0 Å². The van der Waals surface area contributed by atoms with Crippen LogP contribution >= 0.6 is 0 Å². The van der Waals surface area contributed by atoms with Crippen molar-refractivity contribution in [1.82, 2.24) is 19.9 Å². The van der Waals surface area contributed by atoms with Crippen molar-refractivity contribution in [2.45, 2.75) is 13.5 Å². The molecule has 0 saturated heterocycles. The van der Waals surface area contributed by atoms with Gasteiger partial charge in [-0.3, -0.25) is 4.98 Å². The zero-order chi connectivity index (χ0) is 16.1. The summed E-state index contributed by atoms with van der Waals surface area (Å²) in [6.07, 6.45) is 6.76. The van der Waals surface area contributed by atoms with Crippen LogP contribution in [0.5, 0.6) is 0 Å². The molecule has 0 aliphatic heterocycles. The van der Waals surface area contributed by atoms with Gasteiger partial charge in [-0.15, -0.1) is 0 Å². The molecule has 0 spiro atoms. The van der Waals surface area contributed by atoms with Gasteiger partial charge in [0.05, 0.1) is 0 Å². The Labute approximate surface area is 134 Å². The highest BCUT2D eigenvalue weighted by molar-refractivity contribution is 5.76. The number of nitrogens with two attached hydrogens (primary N) is 1. The summed E-state index contributed by atoms with van der Waals surface area (Å²) in [6, 6.07) is 7.71. The third-order valence-corrected chi connectivity index (χ3v) is 3.22. The highest BCUT2D eigenvalue weighted by atomic mass is 15.1. The zero-order valence-corrected chi connectivity index (χ0v) is 12.7. The standard InChI is InChI=1S/C16H17N7/c1-11-4-5-13(19-7-11)23-16-14(17)15(21-10-22-16)20-9-12-3-2-6-18-8-12/h2-8,10H,9,17H2,1H3,(H2,19,20,21,22,23). The van der Waals surface area contributed by atoms with E-state index in [1.54, 1.807) is 18.6 Å². The number of pyridine rings is 2. The van der Waals surface area contributed by atoms with E-state index < -0.39 is 0 Å². The van der Waals surface area contributed by atoms with Crippen LogP contribution in [-0.4, -0.2) is 19.9 Å². The first kappa shape index (κ1) is 14.7. The summed E-state index contributed by atoms with van der Waals surface area (Å²) in [6.45, 7) is 2.56. The van der Waals surface area contributed by atoms with Crippen molar-refractivity contribution < 1.29 is 0 Å². The fourth-order valence-corrected chi connectivity index (χ4v) is 1.99. The summed E-state index contributed by atoms with van der Waals surface area (Å²) in [7, 11) is 0. The van der Waals surface area contributed by atoms with E-state index in [1.807, 2.05) is 31.2 Å². The number of nitrogens with one attached hydrogen (secondary N) is 2. The number of hydrogen-bond donors (Lipinski definition) is 3. The van der Waals surface area contributed by atoms with Crippen molar-refractivity contribution in [3.05, 3.63) is 60.3 Å². The molecule has 0 aliphatic carbocycles. The summed E-state index contributed by atoms with van der Waals surface area (Å²) in [5, 5.41) is 6.29. The predicted octanol–water partition coefficient (Wildman–Crippen LogP) is 2.51. The molecule has 116 valence electrons. The Bertz CT molecular complexity index is 772. The van der Waals surface area contributed by atoms with Gasteiger partial charge in [-0.1, -0.05) is 12.1 Å². The van der Waals surface area contributed by atoms with Gasteiger partial charge in [0.15, 0.2) is 11.6 Å².